The maximum Gasteiger partial charge on any atom is 0.299 e. The average molecular weight is 385 g/mol. The third-order valence-electron chi connectivity index (χ3n) is 4.95. The number of nitro benzene ring substituents is 2. The first kappa shape index (κ1) is 19.3. The van der Waals surface area contributed by atoms with Crippen molar-refractivity contribution in [3.05, 3.63) is 68.3 Å². The van der Waals surface area contributed by atoms with Crippen molar-refractivity contribution in [2.45, 2.75) is 12.8 Å². The molecule has 1 fully saturated rings. The zero-order chi connectivity index (χ0) is 20.3. The van der Waals surface area contributed by atoms with Gasteiger partial charge in [0.05, 0.1) is 23.0 Å². The highest BCUT2D eigenvalue weighted by Crippen LogP contribution is 2.35. The van der Waals surface area contributed by atoms with E-state index in [9.17, 15) is 25.0 Å². The van der Waals surface area contributed by atoms with E-state index in [2.05, 4.69) is 0 Å². The fraction of sp³-hybridized carbons (Fsp3) is 0.316. The molecule has 146 valence electrons. The van der Waals surface area contributed by atoms with E-state index in [0.717, 1.165) is 6.07 Å². The number of benzene rings is 2. The fourth-order valence-electron chi connectivity index (χ4n) is 3.41. The SMILES string of the molecule is COc1ccc(C(=O)C2CCN(c3ccc([N+](=O)[O-])cc3[N+](=O)[O-])CC2)cc1. The molecule has 1 aliphatic rings. The van der Waals surface area contributed by atoms with Crippen molar-refractivity contribution in [3.63, 3.8) is 0 Å². The van der Waals surface area contributed by atoms with E-state index in [1.807, 2.05) is 0 Å². The molecule has 0 atom stereocenters. The van der Waals surface area contributed by atoms with Crippen LogP contribution in [0.3, 0.4) is 0 Å². The molecule has 0 unspecified atom stereocenters. The molecule has 3 rings (SSSR count). The summed E-state index contributed by atoms with van der Waals surface area (Å²) in [4.78, 5) is 35.5. The number of Topliss-reactive ketones (excluding diaryl/α,β-unsaturated/α-hetero) is 1. The van der Waals surface area contributed by atoms with Crippen molar-refractivity contribution < 1.29 is 19.4 Å². The van der Waals surface area contributed by atoms with E-state index in [0.29, 0.717) is 42.9 Å². The van der Waals surface area contributed by atoms with E-state index < -0.39 is 9.85 Å². The molecule has 0 saturated carbocycles. The topological polar surface area (TPSA) is 116 Å². The van der Waals surface area contributed by atoms with Gasteiger partial charge in [-0.05, 0) is 43.2 Å². The second-order valence-electron chi connectivity index (χ2n) is 6.54. The smallest absolute Gasteiger partial charge is 0.299 e. The predicted octanol–water partition coefficient (Wildman–Crippen LogP) is 3.61. The summed E-state index contributed by atoms with van der Waals surface area (Å²) >= 11 is 0. The molecule has 0 spiro atoms. The third-order valence-corrected chi connectivity index (χ3v) is 4.95. The number of ketones is 1. The van der Waals surface area contributed by atoms with Crippen molar-refractivity contribution in [2.75, 3.05) is 25.1 Å². The molecule has 9 nitrogen and oxygen atoms in total. The van der Waals surface area contributed by atoms with Gasteiger partial charge in [0.1, 0.15) is 11.4 Å². The van der Waals surface area contributed by atoms with Gasteiger partial charge < -0.3 is 9.64 Å². The van der Waals surface area contributed by atoms with Crippen molar-refractivity contribution in [1.29, 1.82) is 0 Å². The number of piperidine rings is 1. The molecule has 0 N–H and O–H groups in total. The summed E-state index contributed by atoms with van der Waals surface area (Å²) in [6.45, 7) is 0.927. The van der Waals surface area contributed by atoms with E-state index in [1.54, 1.807) is 36.3 Å². The standard InChI is InChI=1S/C19H19N3O6/c1-28-16-5-2-13(3-6-16)19(23)14-8-10-20(11-9-14)17-7-4-15(21(24)25)12-18(17)22(26)27/h2-7,12,14H,8-11H2,1H3. The number of nitro groups is 2. The summed E-state index contributed by atoms with van der Waals surface area (Å²) < 4.78 is 5.10. The molecule has 28 heavy (non-hydrogen) atoms. The number of non-ortho nitro benzene ring substituents is 1. The Morgan fingerprint density at radius 2 is 1.68 bits per heavy atom. The Bertz CT molecular complexity index is 904. The summed E-state index contributed by atoms with van der Waals surface area (Å²) in [7, 11) is 1.56. The summed E-state index contributed by atoms with van der Waals surface area (Å²) in [5.41, 5.74) is 0.334. The molecule has 1 aliphatic heterocycles. The Balaban J connectivity index is 1.72. The van der Waals surface area contributed by atoms with Gasteiger partial charge in [0.25, 0.3) is 11.4 Å². The summed E-state index contributed by atoms with van der Waals surface area (Å²) in [5.74, 6) is 0.555. The Labute approximate surface area is 160 Å². The minimum absolute atomic E-state index is 0.0421. The Morgan fingerprint density at radius 3 is 2.21 bits per heavy atom. The first-order chi connectivity index (χ1) is 13.4. The zero-order valence-electron chi connectivity index (χ0n) is 15.2. The fourth-order valence-corrected chi connectivity index (χ4v) is 3.41. The highest BCUT2D eigenvalue weighted by atomic mass is 16.6. The second-order valence-corrected chi connectivity index (χ2v) is 6.54. The Morgan fingerprint density at radius 1 is 1.04 bits per heavy atom. The Hall–Kier alpha value is -3.49. The molecule has 0 aromatic heterocycles. The van der Waals surface area contributed by atoms with Crippen LogP contribution >= 0.6 is 0 Å². The van der Waals surface area contributed by atoms with Gasteiger partial charge in [0.15, 0.2) is 5.78 Å². The van der Waals surface area contributed by atoms with Crippen LogP contribution in [0.25, 0.3) is 0 Å². The quantitative estimate of drug-likeness (QED) is 0.424. The molecule has 9 heteroatoms. The Kier molecular flexibility index (Phi) is 5.53. The molecule has 0 bridgehead atoms. The number of carbonyl (C=O) groups is 1. The van der Waals surface area contributed by atoms with Crippen LogP contribution in [0.2, 0.25) is 0 Å². The minimum Gasteiger partial charge on any atom is -0.497 e. The van der Waals surface area contributed by atoms with Gasteiger partial charge in [0, 0.05) is 30.6 Å². The molecule has 0 aliphatic carbocycles. The van der Waals surface area contributed by atoms with Crippen LogP contribution in [0, 0.1) is 26.1 Å². The van der Waals surface area contributed by atoms with Crippen LogP contribution in [0.1, 0.15) is 23.2 Å². The van der Waals surface area contributed by atoms with Crippen LogP contribution in [-0.2, 0) is 0 Å². The second kappa shape index (κ2) is 8.03. The predicted molar refractivity (Wildman–Crippen MR) is 102 cm³/mol. The van der Waals surface area contributed by atoms with E-state index in [1.165, 1.54) is 12.1 Å². The normalized spacial score (nSPS) is 14.5. The number of hydrogen-bond donors (Lipinski definition) is 0. The van der Waals surface area contributed by atoms with Crippen molar-refractivity contribution in [3.8, 4) is 5.75 Å². The number of rotatable bonds is 6. The van der Waals surface area contributed by atoms with Gasteiger partial charge >= 0.3 is 0 Å². The van der Waals surface area contributed by atoms with Gasteiger partial charge in [-0.3, -0.25) is 25.0 Å². The number of nitrogens with zero attached hydrogens (tertiary/aromatic N) is 3. The van der Waals surface area contributed by atoms with Gasteiger partial charge in [-0.1, -0.05) is 0 Å². The maximum atomic E-state index is 12.7. The van der Waals surface area contributed by atoms with Crippen molar-refractivity contribution >= 4 is 22.8 Å². The number of hydrogen-bond acceptors (Lipinski definition) is 7. The van der Waals surface area contributed by atoms with Crippen LogP contribution < -0.4 is 9.64 Å². The van der Waals surface area contributed by atoms with E-state index >= 15 is 0 Å². The molecule has 0 radical (unpaired) electrons. The van der Waals surface area contributed by atoms with Crippen LogP contribution in [0.5, 0.6) is 5.75 Å². The van der Waals surface area contributed by atoms with Crippen LogP contribution in [0.4, 0.5) is 17.1 Å². The van der Waals surface area contributed by atoms with E-state index in [4.69, 9.17) is 4.74 Å². The first-order valence-corrected chi connectivity index (χ1v) is 8.76. The lowest BCUT2D eigenvalue weighted by Crippen LogP contribution is -2.36. The maximum absolute atomic E-state index is 12.7. The number of ether oxygens (including phenoxy) is 1. The average Bonchev–Trinajstić information content (AvgIpc) is 2.73. The summed E-state index contributed by atoms with van der Waals surface area (Å²) in [5, 5.41) is 22.2. The highest BCUT2D eigenvalue weighted by molar-refractivity contribution is 5.98. The lowest BCUT2D eigenvalue weighted by Gasteiger charge is -2.32. The van der Waals surface area contributed by atoms with Crippen LogP contribution in [0.15, 0.2) is 42.5 Å². The van der Waals surface area contributed by atoms with Gasteiger partial charge in [-0.15, -0.1) is 0 Å². The summed E-state index contributed by atoms with van der Waals surface area (Å²) in [6.07, 6.45) is 1.11. The lowest BCUT2D eigenvalue weighted by atomic mass is 9.88. The minimum atomic E-state index is -0.656. The number of anilines is 1. The largest absolute Gasteiger partial charge is 0.497 e. The molecule has 2 aromatic carbocycles. The van der Waals surface area contributed by atoms with Crippen molar-refractivity contribution in [2.24, 2.45) is 5.92 Å². The monoisotopic (exact) mass is 385 g/mol. The third kappa shape index (κ3) is 3.93. The zero-order valence-corrected chi connectivity index (χ0v) is 15.2. The van der Waals surface area contributed by atoms with Crippen molar-refractivity contribution in [1.82, 2.24) is 0 Å². The van der Waals surface area contributed by atoms with E-state index in [-0.39, 0.29) is 23.1 Å². The molecule has 0 amide bonds. The lowest BCUT2D eigenvalue weighted by molar-refractivity contribution is -0.393. The number of methoxy groups -OCH3 is 1. The number of carbonyl (C=O) groups excluding carboxylic acids is 1. The molecule has 2 aromatic rings. The molecule has 1 saturated heterocycles. The van der Waals surface area contributed by atoms with Gasteiger partial charge in [-0.25, -0.2) is 0 Å². The highest BCUT2D eigenvalue weighted by Gasteiger charge is 2.30. The molecular weight excluding hydrogens is 366 g/mol. The summed E-state index contributed by atoms with van der Waals surface area (Å²) in [6, 6.07) is 10.6. The first-order valence-electron chi connectivity index (χ1n) is 8.76. The molecule has 1 heterocycles. The molecular formula is C19H19N3O6. The van der Waals surface area contributed by atoms with Crippen LogP contribution in [-0.4, -0.2) is 35.8 Å². The van der Waals surface area contributed by atoms with Gasteiger partial charge in [0.2, 0.25) is 0 Å². The van der Waals surface area contributed by atoms with Gasteiger partial charge in [-0.2, -0.15) is 0 Å².